The zero-order chi connectivity index (χ0) is 12.7. The van der Waals surface area contributed by atoms with Crippen LogP contribution in [0.25, 0.3) is 0 Å². The van der Waals surface area contributed by atoms with Crippen LogP contribution in [0.3, 0.4) is 0 Å². The first kappa shape index (κ1) is 13.6. The number of pyridine rings is 1. The Morgan fingerprint density at radius 3 is 2.59 bits per heavy atom. The van der Waals surface area contributed by atoms with E-state index in [0.717, 1.165) is 19.3 Å². The van der Waals surface area contributed by atoms with Crippen LogP contribution in [-0.2, 0) is 0 Å². The minimum Gasteiger partial charge on any atom is -0.404 e. The second-order valence-corrected chi connectivity index (χ2v) is 3.21. The van der Waals surface area contributed by atoms with Crippen LogP contribution in [0.15, 0.2) is 18.3 Å². The lowest BCUT2D eigenvalue weighted by atomic mass is 10.4. The van der Waals surface area contributed by atoms with Crippen molar-refractivity contribution >= 4 is 5.82 Å². The highest BCUT2D eigenvalue weighted by molar-refractivity contribution is 5.37. The molecule has 1 rings (SSSR count). The normalized spacial score (nSPS) is 11.3. The molecule has 4 nitrogen and oxygen atoms in total. The van der Waals surface area contributed by atoms with Gasteiger partial charge >= 0.3 is 6.36 Å². The fourth-order valence-electron chi connectivity index (χ4n) is 1.13. The molecule has 2 N–H and O–H groups in total. The van der Waals surface area contributed by atoms with E-state index in [9.17, 15) is 13.2 Å². The van der Waals surface area contributed by atoms with Crippen LogP contribution in [0.2, 0.25) is 0 Å². The molecular weight excluding hydrogens is 235 g/mol. The molecule has 1 aromatic heterocycles. The van der Waals surface area contributed by atoms with Crippen molar-refractivity contribution in [2.45, 2.75) is 13.3 Å². The number of anilines is 1. The Balaban J connectivity index is 2.39. The van der Waals surface area contributed by atoms with E-state index < -0.39 is 6.36 Å². The van der Waals surface area contributed by atoms with Gasteiger partial charge in [-0.1, -0.05) is 6.92 Å². The summed E-state index contributed by atoms with van der Waals surface area (Å²) in [5.74, 6) is 0.187. The van der Waals surface area contributed by atoms with Gasteiger partial charge in [-0.25, -0.2) is 4.98 Å². The summed E-state index contributed by atoms with van der Waals surface area (Å²) in [7, 11) is 0. The van der Waals surface area contributed by atoms with Crippen LogP contribution in [0.4, 0.5) is 19.0 Å². The third-order valence-electron chi connectivity index (χ3n) is 1.83. The van der Waals surface area contributed by atoms with Gasteiger partial charge in [-0.2, -0.15) is 0 Å². The molecule has 0 aliphatic carbocycles. The molecule has 0 saturated heterocycles. The Kier molecular flexibility index (Phi) is 5.02. The molecule has 0 saturated carbocycles. The predicted molar refractivity (Wildman–Crippen MR) is 58.0 cm³/mol. The number of aromatic nitrogens is 1. The highest BCUT2D eigenvalue weighted by Gasteiger charge is 2.31. The lowest BCUT2D eigenvalue weighted by molar-refractivity contribution is -0.274. The standard InChI is InChI=1S/C10H14F3N3O/c1-2-14-5-6-15-9-4-3-8(7-16-9)17-10(11,12)13/h3-4,7,14H,2,5-6H2,1H3,(H,15,16). The summed E-state index contributed by atoms with van der Waals surface area (Å²) >= 11 is 0. The van der Waals surface area contributed by atoms with Crippen LogP contribution < -0.4 is 15.4 Å². The molecule has 7 heteroatoms. The van der Waals surface area contributed by atoms with Gasteiger partial charge in [-0.3, -0.25) is 0 Å². The van der Waals surface area contributed by atoms with Crippen LogP contribution in [0.1, 0.15) is 6.92 Å². The molecule has 17 heavy (non-hydrogen) atoms. The Hall–Kier alpha value is -1.50. The summed E-state index contributed by atoms with van der Waals surface area (Å²) in [5, 5.41) is 6.06. The molecule has 0 spiro atoms. The Morgan fingerprint density at radius 2 is 2.06 bits per heavy atom. The molecule has 0 amide bonds. The molecule has 1 aromatic rings. The van der Waals surface area contributed by atoms with Crippen molar-refractivity contribution in [3.8, 4) is 5.75 Å². The van der Waals surface area contributed by atoms with Gasteiger partial charge in [0.25, 0.3) is 0 Å². The monoisotopic (exact) mass is 249 g/mol. The highest BCUT2D eigenvalue weighted by atomic mass is 19.4. The Morgan fingerprint density at radius 1 is 1.29 bits per heavy atom. The van der Waals surface area contributed by atoms with Gasteiger partial charge in [0.05, 0.1) is 6.20 Å². The average molecular weight is 249 g/mol. The summed E-state index contributed by atoms with van der Waals surface area (Å²) in [4.78, 5) is 3.80. The minimum absolute atomic E-state index is 0.324. The molecule has 0 aliphatic heterocycles. The molecule has 96 valence electrons. The van der Waals surface area contributed by atoms with Gasteiger partial charge in [0.2, 0.25) is 0 Å². The van der Waals surface area contributed by atoms with E-state index in [1.54, 1.807) is 0 Å². The van der Waals surface area contributed by atoms with E-state index in [0.29, 0.717) is 12.4 Å². The number of alkyl halides is 3. The summed E-state index contributed by atoms with van der Waals surface area (Å²) in [5.41, 5.74) is 0. The molecule has 1 heterocycles. The number of nitrogens with one attached hydrogen (secondary N) is 2. The predicted octanol–water partition coefficient (Wildman–Crippen LogP) is 2.00. The molecule has 0 unspecified atom stereocenters. The van der Waals surface area contributed by atoms with Crippen molar-refractivity contribution < 1.29 is 17.9 Å². The van der Waals surface area contributed by atoms with E-state index >= 15 is 0 Å². The number of likely N-dealkylation sites (N-methyl/N-ethyl adjacent to an activating group) is 1. The van der Waals surface area contributed by atoms with Gasteiger partial charge in [0.15, 0.2) is 0 Å². The quantitative estimate of drug-likeness (QED) is 0.757. The Bertz CT molecular complexity index is 327. The average Bonchev–Trinajstić information content (AvgIpc) is 2.25. The van der Waals surface area contributed by atoms with Crippen molar-refractivity contribution in [1.82, 2.24) is 10.3 Å². The topological polar surface area (TPSA) is 46.2 Å². The number of nitrogens with zero attached hydrogens (tertiary/aromatic N) is 1. The first-order valence-corrected chi connectivity index (χ1v) is 5.17. The van der Waals surface area contributed by atoms with Crippen molar-refractivity contribution in [3.63, 3.8) is 0 Å². The van der Waals surface area contributed by atoms with E-state index in [1.807, 2.05) is 6.92 Å². The third-order valence-corrected chi connectivity index (χ3v) is 1.83. The summed E-state index contributed by atoms with van der Waals surface area (Å²) < 4.78 is 39.3. The molecule has 0 aromatic carbocycles. The molecule has 0 fully saturated rings. The van der Waals surface area contributed by atoms with E-state index in [1.165, 1.54) is 12.1 Å². The van der Waals surface area contributed by atoms with Crippen molar-refractivity contribution in [2.24, 2.45) is 0 Å². The minimum atomic E-state index is -4.68. The van der Waals surface area contributed by atoms with Gasteiger partial charge in [-0.05, 0) is 18.7 Å². The smallest absolute Gasteiger partial charge is 0.404 e. The number of halogens is 3. The lowest BCUT2D eigenvalue weighted by Crippen LogP contribution is -2.22. The van der Waals surface area contributed by atoms with E-state index in [-0.39, 0.29) is 5.75 Å². The molecule has 0 atom stereocenters. The maximum absolute atomic E-state index is 11.9. The first-order chi connectivity index (χ1) is 8.01. The summed E-state index contributed by atoms with van der Waals surface area (Å²) in [6.45, 7) is 4.27. The zero-order valence-electron chi connectivity index (χ0n) is 9.34. The van der Waals surface area contributed by atoms with Crippen molar-refractivity contribution in [3.05, 3.63) is 18.3 Å². The number of hydrogen-bond acceptors (Lipinski definition) is 4. The third kappa shape index (κ3) is 5.96. The number of ether oxygens (including phenoxy) is 1. The summed E-state index contributed by atoms with van der Waals surface area (Å²) in [6.07, 6.45) is -3.65. The fourth-order valence-corrected chi connectivity index (χ4v) is 1.13. The van der Waals surface area contributed by atoms with Crippen LogP contribution >= 0.6 is 0 Å². The van der Waals surface area contributed by atoms with Crippen LogP contribution in [-0.4, -0.2) is 31.0 Å². The highest BCUT2D eigenvalue weighted by Crippen LogP contribution is 2.22. The van der Waals surface area contributed by atoms with Crippen LogP contribution in [0.5, 0.6) is 5.75 Å². The maximum Gasteiger partial charge on any atom is 0.573 e. The molecule has 0 bridgehead atoms. The van der Waals surface area contributed by atoms with Gasteiger partial charge < -0.3 is 15.4 Å². The number of hydrogen-bond donors (Lipinski definition) is 2. The summed E-state index contributed by atoms with van der Waals surface area (Å²) in [6, 6.07) is 2.66. The first-order valence-electron chi connectivity index (χ1n) is 5.17. The molecule has 0 aliphatic rings. The second-order valence-electron chi connectivity index (χ2n) is 3.21. The van der Waals surface area contributed by atoms with Gasteiger partial charge in [-0.15, -0.1) is 13.2 Å². The molecular formula is C10H14F3N3O. The second kappa shape index (κ2) is 6.29. The van der Waals surface area contributed by atoms with E-state index in [4.69, 9.17) is 0 Å². The zero-order valence-corrected chi connectivity index (χ0v) is 9.34. The van der Waals surface area contributed by atoms with E-state index in [2.05, 4.69) is 20.4 Å². The van der Waals surface area contributed by atoms with Gasteiger partial charge in [0, 0.05) is 13.1 Å². The lowest BCUT2D eigenvalue weighted by Gasteiger charge is -2.09. The van der Waals surface area contributed by atoms with Gasteiger partial charge in [0.1, 0.15) is 11.6 Å². The SMILES string of the molecule is CCNCCNc1ccc(OC(F)(F)F)cn1. The molecule has 0 radical (unpaired) electrons. The maximum atomic E-state index is 11.9. The van der Waals surface area contributed by atoms with Crippen molar-refractivity contribution in [1.29, 1.82) is 0 Å². The number of rotatable bonds is 6. The Labute approximate surface area is 97.2 Å². The fraction of sp³-hybridized carbons (Fsp3) is 0.500. The largest absolute Gasteiger partial charge is 0.573 e. The van der Waals surface area contributed by atoms with Crippen LogP contribution in [0, 0.1) is 0 Å². The van der Waals surface area contributed by atoms with Crippen molar-refractivity contribution in [2.75, 3.05) is 25.0 Å².